The number of imidazole rings is 1. The number of aryl methyl sites for hydroxylation is 1. The third-order valence-corrected chi connectivity index (χ3v) is 3.41. The molecule has 0 unspecified atom stereocenters. The average molecular weight is 191 g/mol. The van der Waals surface area contributed by atoms with Gasteiger partial charge in [-0.05, 0) is 38.6 Å². The molecule has 3 nitrogen and oxygen atoms in total. The van der Waals surface area contributed by atoms with Crippen molar-refractivity contribution in [3.63, 3.8) is 0 Å². The first kappa shape index (κ1) is 8.48. The summed E-state index contributed by atoms with van der Waals surface area (Å²) < 4.78 is 2.44. The van der Waals surface area contributed by atoms with Crippen LogP contribution in [0.5, 0.6) is 0 Å². The fourth-order valence-electron chi connectivity index (χ4n) is 2.64. The van der Waals surface area contributed by atoms with E-state index in [1.54, 1.807) is 0 Å². The Morgan fingerprint density at radius 3 is 3.21 bits per heavy atom. The molecule has 1 atom stereocenters. The molecule has 2 aliphatic rings. The zero-order valence-corrected chi connectivity index (χ0v) is 8.50. The van der Waals surface area contributed by atoms with Crippen LogP contribution in [-0.2, 0) is 13.0 Å². The number of nitrogens with one attached hydrogen (secondary N) is 1. The van der Waals surface area contributed by atoms with Gasteiger partial charge in [-0.3, -0.25) is 0 Å². The quantitative estimate of drug-likeness (QED) is 0.731. The normalized spacial score (nSPS) is 26.4. The van der Waals surface area contributed by atoms with E-state index in [0.29, 0.717) is 6.04 Å². The van der Waals surface area contributed by atoms with Gasteiger partial charge in [0.05, 0.1) is 6.04 Å². The number of rotatable bonds is 1. The lowest BCUT2D eigenvalue weighted by atomic mass is 10.1. The highest BCUT2D eigenvalue weighted by Gasteiger charge is 2.23. The van der Waals surface area contributed by atoms with Gasteiger partial charge in [-0.15, -0.1) is 0 Å². The number of hydrogen-bond donors (Lipinski definition) is 1. The molecule has 0 aromatic carbocycles. The Hall–Kier alpha value is -0.830. The van der Waals surface area contributed by atoms with E-state index in [0.717, 1.165) is 6.54 Å². The first-order valence-corrected chi connectivity index (χ1v) is 5.73. The Morgan fingerprint density at radius 2 is 2.36 bits per heavy atom. The number of aromatic nitrogens is 2. The lowest BCUT2D eigenvalue weighted by molar-refractivity contribution is 0.480. The van der Waals surface area contributed by atoms with Crippen molar-refractivity contribution in [1.82, 2.24) is 14.9 Å². The van der Waals surface area contributed by atoms with Crippen LogP contribution in [0.3, 0.4) is 0 Å². The summed E-state index contributed by atoms with van der Waals surface area (Å²) in [6, 6.07) is 0.529. The molecule has 0 spiro atoms. The second-order valence-corrected chi connectivity index (χ2v) is 4.37. The van der Waals surface area contributed by atoms with Gasteiger partial charge >= 0.3 is 0 Å². The maximum atomic E-state index is 4.58. The molecule has 2 aliphatic heterocycles. The Bertz CT molecular complexity index is 323. The van der Waals surface area contributed by atoms with E-state index in [1.807, 2.05) is 0 Å². The van der Waals surface area contributed by atoms with Crippen LogP contribution in [0.4, 0.5) is 0 Å². The molecule has 3 rings (SSSR count). The minimum Gasteiger partial charge on any atom is -0.331 e. The molecular formula is C11H17N3. The Labute approximate surface area is 84.5 Å². The molecule has 1 aromatic heterocycles. The zero-order chi connectivity index (χ0) is 9.38. The summed E-state index contributed by atoms with van der Waals surface area (Å²) in [4.78, 5) is 4.58. The molecule has 0 bridgehead atoms. The number of hydrogen-bond acceptors (Lipinski definition) is 2. The average Bonchev–Trinajstić information content (AvgIpc) is 2.85. The van der Waals surface area contributed by atoms with E-state index in [4.69, 9.17) is 0 Å². The van der Waals surface area contributed by atoms with Gasteiger partial charge < -0.3 is 9.88 Å². The van der Waals surface area contributed by atoms with Crippen molar-refractivity contribution in [3.05, 3.63) is 17.7 Å². The van der Waals surface area contributed by atoms with Crippen LogP contribution in [-0.4, -0.2) is 16.1 Å². The molecular weight excluding hydrogens is 174 g/mol. The van der Waals surface area contributed by atoms with Crippen LogP contribution < -0.4 is 5.32 Å². The van der Waals surface area contributed by atoms with Crippen molar-refractivity contribution in [2.24, 2.45) is 0 Å². The second-order valence-electron chi connectivity index (χ2n) is 4.37. The van der Waals surface area contributed by atoms with Crippen LogP contribution in [0.15, 0.2) is 6.20 Å². The van der Waals surface area contributed by atoms with Gasteiger partial charge in [-0.2, -0.15) is 0 Å². The van der Waals surface area contributed by atoms with Crippen LogP contribution in [0, 0.1) is 0 Å². The van der Waals surface area contributed by atoms with Crippen molar-refractivity contribution in [2.45, 2.75) is 44.7 Å². The van der Waals surface area contributed by atoms with Crippen molar-refractivity contribution < 1.29 is 0 Å². The summed E-state index contributed by atoms with van der Waals surface area (Å²) in [5.74, 6) is 1.29. The van der Waals surface area contributed by atoms with Crippen molar-refractivity contribution in [3.8, 4) is 0 Å². The summed E-state index contributed by atoms with van der Waals surface area (Å²) in [6.07, 6.45) is 8.52. The minimum atomic E-state index is 0.529. The van der Waals surface area contributed by atoms with E-state index in [9.17, 15) is 0 Å². The highest BCUT2D eigenvalue weighted by atomic mass is 15.1. The predicted octanol–water partition coefficient (Wildman–Crippen LogP) is 1.64. The maximum absolute atomic E-state index is 4.58. The van der Waals surface area contributed by atoms with Crippen LogP contribution >= 0.6 is 0 Å². The van der Waals surface area contributed by atoms with Crippen LogP contribution in [0.1, 0.15) is 43.2 Å². The summed E-state index contributed by atoms with van der Waals surface area (Å²) in [6.45, 7) is 2.34. The van der Waals surface area contributed by atoms with Crippen molar-refractivity contribution in [2.75, 3.05) is 6.54 Å². The summed E-state index contributed by atoms with van der Waals surface area (Å²) in [5.41, 5.74) is 1.44. The molecule has 0 amide bonds. The molecule has 14 heavy (non-hydrogen) atoms. The highest BCUT2D eigenvalue weighted by Crippen LogP contribution is 2.25. The zero-order valence-electron chi connectivity index (χ0n) is 8.50. The second kappa shape index (κ2) is 3.39. The van der Waals surface area contributed by atoms with E-state index < -0.39 is 0 Å². The molecule has 76 valence electrons. The van der Waals surface area contributed by atoms with Gasteiger partial charge in [0.15, 0.2) is 0 Å². The van der Waals surface area contributed by atoms with Crippen LogP contribution in [0.2, 0.25) is 0 Å². The standard InChI is InChI=1S/C11H17N3/c1-2-7-14-9(4-1)8-13-11(14)10-5-3-6-12-10/h8,10,12H,1-7H2/t10-/m1/s1. The van der Waals surface area contributed by atoms with Crippen molar-refractivity contribution >= 4 is 0 Å². The molecule has 1 aromatic rings. The Balaban J connectivity index is 1.93. The lowest BCUT2D eigenvalue weighted by Crippen LogP contribution is -2.20. The summed E-state index contributed by atoms with van der Waals surface area (Å²) in [7, 11) is 0. The monoisotopic (exact) mass is 191 g/mol. The van der Waals surface area contributed by atoms with E-state index in [2.05, 4.69) is 21.1 Å². The molecule has 0 radical (unpaired) electrons. The molecule has 1 N–H and O–H groups in total. The smallest absolute Gasteiger partial charge is 0.126 e. The molecule has 3 heteroatoms. The molecule has 0 saturated carbocycles. The summed E-state index contributed by atoms with van der Waals surface area (Å²) in [5, 5.41) is 3.53. The molecule has 3 heterocycles. The maximum Gasteiger partial charge on any atom is 0.126 e. The number of nitrogens with zero attached hydrogens (tertiary/aromatic N) is 2. The van der Waals surface area contributed by atoms with Gasteiger partial charge in [-0.1, -0.05) is 0 Å². The third kappa shape index (κ3) is 1.27. The molecule has 1 saturated heterocycles. The molecule has 1 fully saturated rings. The summed E-state index contributed by atoms with van der Waals surface area (Å²) >= 11 is 0. The first-order chi connectivity index (χ1) is 6.95. The van der Waals surface area contributed by atoms with Gasteiger partial charge in [0.2, 0.25) is 0 Å². The lowest BCUT2D eigenvalue weighted by Gasteiger charge is -2.19. The minimum absolute atomic E-state index is 0.529. The topological polar surface area (TPSA) is 29.9 Å². The van der Waals surface area contributed by atoms with Crippen LogP contribution in [0.25, 0.3) is 0 Å². The SMILES string of the molecule is c1nc([C@H]2CCCN2)n2c1CCCC2. The highest BCUT2D eigenvalue weighted by molar-refractivity contribution is 5.11. The van der Waals surface area contributed by atoms with E-state index in [1.165, 1.54) is 50.2 Å². The Kier molecular flexibility index (Phi) is 2.05. The number of fused-ring (bicyclic) bond motifs is 1. The van der Waals surface area contributed by atoms with E-state index >= 15 is 0 Å². The fourth-order valence-corrected chi connectivity index (χ4v) is 2.64. The van der Waals surface area contributed by atoms with Gasteiger partial charge in [0.1, 0.15) is 5.82 Å². The fraction of sp³-hybridized carbons (Fsp3) is 0.727. The predicted molar refractivity (Wildman–Crippen MR) is 55.1 cm³/mol. The van der Waals surface area contributed by atoms with Crippen molar-refractivity contribution in [1.29, 1.82) is 0 Å². The van der Waals surface area contributed by atoms with Gasteiger partial charge in [0.25, 0.3) is 0 Å². The first-order valence-electron chi connectivity index (χ1n) is 5.73. The largest absolute Gasteiger partial charge is 0.331 e. The van der Waals surface area contributed by atoms with E-state index in [-0.39, 0.29) is 0 Å². The molecule has 0 aliphatic carbocycles. The third-order valence-electron chi connectivity index (χ3n) is 3.41. The van der Waals surface area contributed by atoms with Gasteiger partial charge in [-0.25, -0.2) is 4.98 Å². The Morgan fingerprint density at radius 1 is 1.36 bits per heavy atom. The van der Waals surface area contributed by atoms with Gasteiger partial charge in [0, 0.05) is 18.4 Å².